The lowest BCUT2D eigenvalue weighted by molar-refractivity contribution is -0.155. The Morgan fingerprint density at radius 3 is 1.38 bits per heavy atom. The lowest BCUT2D eigenvalue weighted by Gasteiger charge is -2.29. The van der Waals surface area contributed by atoms with E-state index in [1.54, 1.807) is 0 Å². The van der Waals surface area contributed by atoms with Crippen molar-refractivity contribution < 1.29 is 148 Å². The van der Waals surface area contributed by atoms with Crippen LogP contribution in [-0.4, -0.2) is 225 Å². The maximum Gasteiger partial charge on any atom is 0.519 e. The largest absolute Gasteiger partial charge is 0.519 e. The van der Waals surface area contributed by atoms with Gasteiger partial charge in [-0.25, -0.2) is 38.4 Å². The zero-order valence-electron chi connectivity index (χ0n) is 65.6. The van der Waals surface area contributed by atoms with Crippen molar-refractivity contribution in [2.45, 2.75) is 256 Å². The molecule has 12 amide bonds. The Morgan fingerprint density at radius 2 is 0.941 bits per heavy atom. The summed E-state index contributed by atoms with van der Waals surface area (Å²) in [4.78, 5) is 243. The van der Waals surface area contributed by atoms with Crippen molar-refractivity contribution in [3.05, 3.63) is 78.2 Å². The van der Waals surface area contributed by atoms with Crippen LogP contribution in [0.15, 0.2) is 52.7 Å². The summed E-state index contributed by atoms with van der Waals surface area (Å²) in [7, 11) is 0. The minimum absolute atomic E-state index is 0.00199. The van der Waals surface area contributed by atoms with E-state index in [1.165, 1.54) is 20.8 Å². The summed E-state index contributed by atoms with van der Waals surface area (Å²) < 4.78 is 49.3. The van der Waals surface area contributed by atoms with Crippen molar-refractivity contribution >= 4 is 101 Å². The predicted molar refractivity (Wildman–Crippen MR) is 398 cm³/mol. The number of aliphatic carboxylic acids is 2. The molecule has 4 heterocycles. The number of aliphatic hydroxyl groups is 4. The van der Waals surface area contributed by atoms with E-state index in [-0.39, 0.29) is 60.4 Å². The van der Waals surface area contributed by atoms with Gasteiger partial charge in [-0.2, -0.15) is 0 Å². The third kappa shape index (κ3) is 35.4. The molecule has 0 unspecified atom stereocenters. The fourth-order valence-electron chi connectivity index (χ4n) is 11.1. The number of carbonyl (C=O) groups excluding carboxylic acids is 13. The molecule has 1 fully saturated rings. The number of hydrogen-bond acceptors (Lipinski definition) is 32. The van der Waals surface area contributed by atoms with E-state index in [0.29, 0.717) is 12.8 Å². The van der Waals surface area contributed by atoms with Crippen LogP contribution in [0, 0.1) is 20.8 Å². The van der Waals surface area contributed by atoms with Gasteiger partial charge in [-0.15, -0.1) is 11.6 Å². The number of amides is 12. The number of carboxylic acids is 2. The van der Waals surface area contributed by atoms with Gasteiger partial charge in [-0.05, 0) is 73.1 Å². The standard InChI is InChI=1S/C71H103ClN12O34/c1-7-9-10-11-12-13-14-15-16-17-18-21-39(86)28-50(88)76-45-31-109-65(102)53(46(87)30-72)83-63(99)54(55(91)64(100)101)84-56(92)40(8-2)77-62(98)52(35(3)85)82-59(95)43(24-27-75-68(105)112-34-49-38(6)115-71(108)118-49)79-57(93)41(22-19-20-25-73-66(103)110-32-47-36(4)113-69(106)116-47)78-60(96)44(29-51(89)90)81-58(94)42(80-61(45)97)23-26-74-67(104)111-33-48-37(5)114-70(107)117-48/h8,35,39,41-46,52-55,85-87,91H,7,9-34H2,1-6H3,(H,73,103)(H,74,104)(H,75,105)(H,76,88)(H,77,98)(H,78,96)(H,79,93)(H,80,97)(H,81,94)(H,82,95)(H,83,99)(H,84,92)(H,89,90)(H,100,101)/b40-8-/t35-,39+,41-,42+,43-,44-,45-,46+,52-,53-,54-,55-/m0/s1. The minimum Gasteiger partial charge on any atom is -0.481 e. The summed E-state index contributed by atoms with van der Waals surface area (Å²) in [5, 5.41) is 90.4. The van der Waals surface area contributed by atoms with Crippen molar-refractivity contribution in [2.24, 2.45) is 0 Å². The first-order valence-electron chi connectivity index (χ1n) is 37.7. The van der Waals surface area contributed by atoms with Gasteiger partial charge in [-0.3, -0.25) is 47.9 Å². The molecule has 3 aromatic heterocycles. The minimum atomic E-state index is -2.97. The van der Waals surface area contributed by atoms with Crippen molar-refractivity contribution in [3.63, 3.8) is 0 Å². The molecule has 1 aliphatic heterocycles. The molecular formula is C71H103ClN12O34. The molecule has 0 aromatic carbocycles. The Hall–Kier alpha value is -11.6. The molecule has 0 saturated carbocycles. The number of ether oxygens (including phenoxy) is 4. The third-order valence-corrected chi connectivity index (χ3v) is 18.0. The number of nitrogens with one attached hydrogen (secondary N) is 12. The van der Waals surface area contributed by atoms with Gasteiger partial charge in [0.2, 0.25) is 47.3 Å². The van der Waals surface area contributed by atoms with E-state index in [4.69, 9.17) is 57.1 Å². The van der Waals surface area contributed by atoms with Crippen molar-refractivity contribution in [1.29, 1.82) is 0 Å². The lowest BCUT2D eigenvalue weighted by atomic mass is 10.0. The second-order valence-electron chi connectivity index (χ2n) is 27.0. The molecule has 118 heavy (non-hydrogen) atoms. The number of alkyl halides is 1. The monoisotopic (exact) mass is 1700 g/mol. The first-order valence-corrected chi connectivity index (χ1v) is 38.3. The number of hydrogen-bond donors (Lipinski definition) is 18. The molecule has 0 spiro atoms. The average Bonchev–Trinajstić information content (AvgIpc) is 1.28. The average molecular weight is 1700 g/mol. The van der Waals surface area contributed by atoms with Gasteiger partial charge >= 0.3 is 53.7 Å². The van der Waals surface area contributed by atoms with Crippen molar-refractivity contribution in [1.82, 2.24) is 63.8 Å². The fourth-order valence-corrected chi connectivity index (χ4v) is 11.3. The van der Waals surface area contributed by atoms with Crippen LogP contribution in [0.3, 0.4) is 0 Å². The van der Waals surface area contributed by atoms with Crippen molar-refractivity contribution in [3.8, 4) is 0 Å². The summed E-state index contributed by atoms with van der Waals surface area (Å²) in [6.45, 7) is 3.10. The number of aliphatic hydroxyl groups excluding tert-OH is 4. The molecule has 0 bridgehead atoms. The normalized spacial score (nSPS) is 20.5. The molecule has 18 N–H and O–H groups in total. The van der Waals surface area contributed by atoms with Gasteiger partial charge in [0.1, 0.15) is 54.6 Å². The molecule has 46 nitrogen and oxygen atoms in total. The molecule has 658 valence electrons. The van der Waals surface area contributed by atoms with Gasteiger partial charge in [-0.1, -0.05) is 83.6 Å². The zero-order valence-corrected chi connectivity index (χ0v) is 66.3. The SMILES string of the molecule is C/C=C1\NC(=O)[C@H]([C@H](C)O)NC(=O)[C@H](CCNC(=O)OCc2oc(=O)oc2C)NC(=O)[C@H](CCCCNC(=O)OCc2oc(=O)oc2C)NC(=O)[C@H](CC(=O)O)NC(=O)[C@@H](CCNC(=O)OCc2oc(=O)oc2C)NC(=O)[C@@H](NC(=O)C[C@H](O)CCCCCCCCCCCCC)COC(=O)[C@H]([C@H](O)CCl)NC(=O)[C@H]([C@H](O)C(=O)O)NC1=O. The van der Waals surface area contributed by atoms with Crippen LogP contribution in [0.4, 0.5) is 14.4 Å². The third-order valence-electron chi connectivity index (χ3n) is 17.7. The molecule has 1 saturated heterocycles. The van der Waals surface area contributed by atoms with Crippen LogP contribution in [0.2, 0.25) is 0 Å². The number of aryl methyl sites for hydroxylation is 3. The number of rotatable bonds is 39. The highest BCUT2D eigenvalue weighted by Gasteiger charge is 2.41. The summed E-state index contributed by atoms with van der Waals surface area (Å²) in [5.74, 6) is -24.3. The number of carboxylic acid groups (broad SMARTS) is 2. The molecule has 0 radical (unpaired) electrons. The fraction of sp³-hybridized carbons (Fsp3) is 0.634. The summed E-state index contributed by atoms with van der Waals surface area (Å²) in [5.41, 5.74) is -0.923. The Bertz CT molecular complexity index is 4110. The van der Waals surface area contributed by atoms with Crippen molar-refractivity contribution in [2.75, 3.05) is 32.1 Å². The van der Waals surface area contributed by atoms with E-state index < -0.39 is 263 Å². The van der Waals surface area contributed by atoms with Gasteiger partial charge in [0.25, 0.3) is 5.91 Å². The molecule has 3 aromatic rings. The van der Waals surface area contributed by atoms with Gasteiger partial charge < -0.3 is 140 Å². The highest BCUT2D eigenvalue weighted by Crippen LogP contribution is 2.17. The van der Waals surface area contributed by atoms with Crippen LogP contribution < -0.4 is 81.3 Å². The first-order chi connectivity index (χ1) is 55.9. The molecular weight excluding hydrogens is 1600 g/mol. The van der Waals surface area contributed by atoms with E-state index >= 15 is 0 Å². The topological polar surface area (TPSA) is 689 Å². The molecule has 47 heteroatoms. The highest BCUT2D eigenvalue weighted by molar-refractivity contribution is 6.18. The molecule has 1 aliphatic rings. The molecule has 4 rings (SSSR count). The maximum atomic E-state index is 14.9. The number of cyclic esters (lactones) is 1. The van der Waals surface area contributed by atoms with Crippen LogP contribution in [0.1, 0.15) is 177 Å². The number of allylic oxidation sites excluding steroid dienone is 1. The maximum absolute atomic E-state index is 14.9. The van der Waals surface area contributed by atoms with E-state index in [2.05, 4.69) is 54.8 Å². The smallest absolute Gasteiger partial charge is 0.481 e. The Morgan fingerprint density at radius 1 is 0.508 bits per heavy atom. The van der Waals surface area contributed by atoms with E-state index in [9.17, 15) is 117 Å². The number of alkyl carbamates (subject to hydrolysis) is 3. The van der Waals surface area contributed by atoms with E-state index in [1.807, 2.05) is 16.0 Å². The highest BCUT2D eigenvalue weighted by atomic mass is 35.5. The van der Waals surface area contributed by atoms with Crippen LogP contribution in [0.25, 0.3) is 0 Å². The number of unbranched alkanes of at least 4 members (excludes halogenated alkanes) is 11. The Kier molecular flexibility index (Phi) is 43.0. The van der Waals surface area contributed by atoms with E-state index in [0.717, 1.165) is 77.7 Å². The zero-order chi connectivity index (χ0) is 87.7. The first kappa shape index (κ1) is 98.7. The number of esters is 1. The van der Waals surface area contributed by atoms with Crippen LogP contribution >= 0.6 is 11.6 Å². The number of carbonyl (C=O) groups is 15. The number of halogens is 1. The van der Waals surface area contributed by atoms with Crippen LogP contribution in [0.5, 0.6) is 0 Å². The lowest BCUT2D eigenvalue weighted by Crippen LogP contribution is -2.62. The quantitative estimate of drug-likeness (QED) is 0.00974. The molecule has 0 aliphatic carbocycles. The van der Waals surface area contributed by atoms with Gasteiger partial charge in [0.15, 0.2) is 66.5 Å². The summed E-state index contributed by atoms with van der Waals surface area (Å²) in [6, 6.07) is -18.1. The second-order valence-corrected chi connectivity index (χ2v) is 27.3. The Labute approximate surface area is 676 Å². The summed E-state index contributed by atoms with van der Waals surface area (Å²) in [6.07, 6.45) is -5.31. The summed E-state index contributed by atoms with van der Waals surface area (Å²) >= 11 is 5.95. The predicted octanol–water partition coefficient (Wildman–Crippen LogP) is -1.91. The van der Waals surface area contributed by atoms with Crippen LogP contribution in [-0.2, 0) is 96.3 Å². The Balaban J connectivity index is 1.88. The molecule has 12 atom stereocenters. The van der Waals surface area contributed by atoms with Gasteiger partial charge in [0.05, 0.1) is 37.0 Å². The van der Waals surface area contributed by atoms with Gasteiger partial charge in [0, 0.05) is 19.6 Å². The second kappa shape index (κ2) is 51.4.